The minimum atomic E-state index is -0.698. The van der Waals surface area contributed by atoms with Gasteiger partial charge in [0.1, 0.15) is 18.3 Å². The Hall–Kier alpha value is -2.99. The van der Waals surface area contributed by atoms with Crippen molar-refractivity contribution in [2.75, 3.05) is 0 Å². The predicted octanol–water partition coefficient (Wildman–Crippen LogP) is 1.88. The van der Waals surface area contributed by atoms with Crippen LogP contribution in [-0.2, 0) is 22.6 Å². The van der Waals surface area contributed by atoms with Gasteiger partial charge < -0.3 is 10.5 Å². The highest BCUT2D eigenvalue weighted by Crippen LogP contribution is 2.07. The number of nitrogens with two attached hydrogens (primary N) is 1. The third-order valence-corrected chi connectivity index (χ3v) is 3.53. The van der Waals surface area contributed by atoms with Crippen LogP contribution in [0.25, 0.3) is 5.69 Å². The summed E-state index contributed by atoms with van der Waals surface area (Å²) in [5, 5.41) is 8.02. The molecule has 0 aliphatic heterocycles. The Kier molecular flexibility index (Phi) is 4.98. The number of esters is 1. The summed E-state index contributed by atoms with van der Waals surface area (Å²) in [6.45, 7) is 0.0498. The highest BCUT2D eigenvalue weighted by atomic mass is 16.5. The molecule has 1 heterocycles. The highest BCUT2D eigenvalue weighted by Gasteiger charge is 2.16. The van der Waals surface area contributed by atoms with E-state index in [-0.39, 0.29) is 6.61 Å². The van der Waals surface area contributed by atoms with Crippen molar-refractivity contribution >= 4 is 5.97 Å². The Morgan fingerprint density at radius 1 is 1.08 bits per heavy atom. The fourth-order valence-corrected chi connectivity index (χ4v) is 2.27. The first-order valence-corrected chi connectivity index (χ1v) is 7.65. The van der Waals surface area contributed by atoms with Crippen molar-refractivity contribution in [1.82, 2.24) is 15.0 Å². The van der Waals surface area contributed by atoms with Crippen molar-refractivity contribution < 1.29 is 9.53 Å². The molecule has 2 aromatic carbocycles. The van der Waals surface area contributed by atoms with Gasteiger partial charge in [0.25, 0.3) is 0 Å². The summed E-state index contributed by atoms with van der Waals surface area (Å²) in [5.41, 5.74) is 8.35. The monoisotopic (exact) mass is 322 g/mol. The lowest BCUT2D eigenvalue weighted by Gasteiger charge is -2.10. The zero-order valence-corrected chi connectivity index (χ0v) is 13.1. The largest absolute Gasteiger partial charge is 0.458 e. The molecule has 3 rings (SSSR count). The molecule has 6 heteroatoms. The van der Waals surface area contributed by atoms with E-state index in [1.54, 1.807) is 10.9 Å². The summed E-state index contributed by atoms with van der Waals surface area (Å²) >= 11 is 0. The van der Waals surface area contributed by atoms with Gasteiger partial charge in [-0.25, -0.2) is 4.68 Å². The Bertz CT molecular complexity index is 787. The Morgan fingerprint density at radius 2 is 1.75 bits per heavy atom. The topological polar surface area (TPSA) is 83.0 Å². The van der Waals surface area contributed by atoms with Crippen molar-refractivity contribution in [2.24, 2.45) is 5.73 Å². The lowest BCUT2D eigenvalue weighted by atomic mass is 10.1. The van der Waals surface area contributed by atoms with Crippen LogP contribution in [0.3, 0.4) is 0 Å². The average molecular weight is 322 g/mol. The fourth-order valence-electron chi connectivity index (χ4n) is 2.27. The molecule has 24 heavy (non-hydrogen) atoms. The zero-order valence-electron chi connectivity index (χ0n) is 13.1. The van der Waals surface area contributed by atoms with E-state index >= 15 is 0 Å². The van der Waals surface area contributed by atoms with Crippen molar-refractivity contribution in [1.29, 1.82) is 0 Å². The summed E-state index contributed by atoms with van der Waals surface area (Å²) < 4.78 is 6.86. The molecular weight excluding hydrogens is 304 g/mol. The molecule has 0 aliphatic rings. The van der Waals surface area contributed by atoms with Crippen LogP contribution in [0.4, 0.5) is 0 Å². The second-order valence-corrected chi connectivity index (χ2v) is 5.39. The number of aromatic nitrogens is 3. The average Bonchev–Trinajstić information content (AvgIpc) is 3.10. The smallest absolute Gasteiger partial charge is 0.323 e. The van der Waals surface area contributed by atoms with Crippen molar-refractivity contribution in [2.45, 2.75) is 19.1 Å². The van der Waals surface area contributed by atoms with Gasteiger partial charge in [0, 0.05) is 0 Å². The molecule has 6 nitrogen and oxygen atoms in total. The van der Waals surface area contributed by atoms with E-state index in [1.807, 2.05) is 60.7 Å². The number of hydrogen-bond acceptors (Lipinski definition) is 5. The van der Waals surface area contributed by atoms with E-state index < -0.39 is 12.0 Å². The number of ether oxygens (including phenoxy) is 1. The van der Waals surface area contributed by atoms with Crippen molar-refractivity contribution in [3.8, 4) is 5.69 Å². The molecular formula is C18H18N4O2. The van der Waals surface area contributed by atoms with Crippen LogP contribution in [0.15, 0.2) is 66.9 Å². The molecule has 3 aromatic rings. The number of rotatable bonds is 6. The Labute approximate surface area is 139 Å². The van der Waals surface area contributed by atoms with Crippen LogP contribution in [0.1, 0.15) is 11.3 Å². The van der Waals surface area contributed by atoms with Gasteiger partial charge in [-0.05, 0) is 24.1 Å². The Balaban J connectivity index is 1.54. The van der Waals surface area contributed by atoms with E-state index in [0.717, 1.165) is 11.3 Å². The van der Waals surface area contributed by atoms with E-state index in [1.165, 1.54) is 0 Å². The highest BCUT2D eigenvalue weighted by molar-refractivity contribution is 5.75. The summed E-state index contributed by atoms with van der Waals surface area (Å²) in [6, 6.07) is 18.5. The minimum absolute atomic E-state index is 0.0498. The number of carbonyl (C=O) groups is 1. The maximum Gasteiger partial charge on any atom is 0.323 e. The zero-order chi connectivity index (χ0) is 16.8. The third-order valence-electron chi connectivity index (χ3n) is 3.53. The molecule has 2 N–H and O–H groups in total. The van der Waals surface area contributed by atoms with Crippen LogP contribution in [0, 0.1) is 0 Å². The molecule has 1 atom stereocenters. The van der Waals surface area contributed by atoms with Crippen LogP contribution in [-0.4, -0.2) is 27.0 Å². The molecule has 0 fully saturated rings. The maximum absolute atomic E-state index is 12.0. The van der Waals surface area contributed by atoms with Crippen molar-refractivity contribution in [3.05, 3.63) is 78.1 Å². The lowest BCUT2D eigenvalue weighted by Crippen LogP contribution is -2.34. The van der Waals surface area contributed by atoms with Gasteiger partial charge in [-0.2, -0.15) is 0 Å². The molecule has 0 bridgehead atoms. The number of benzene rings is 2. The van der Waals surface area contributed by atoms with E-state index in [9.17, 15) is 4.79 Å². The van der Waals surface area contributed by atoms with Crippen LogP contribution in [0.5, 0.6) is 0 Å². The predicted molar refractivity (Wildman–Crippen MR) is 89.3 cm³/mol. The molecule has 0 saturated heterocycles. The summed E-state index contributed by atoms with van der Waals surface area (Å²) in [5.74, 6) is -0.451. The molecule has 1 aromatic heterocycles. The molecule has 0 radical (unpaired) electrons. The standard InChI is InChI=1S/C18H18N4O2/c19-17(11-14-7-3-1-4-8-14)18(23)24-13-15-12-22(21-20-15)16-9-5-2-6-10-16/h1-10,12,17H,11,13,19H2/t17-/m0/s1. The number of nitrogens with zero attached hydrogens (tertiary/aromatic N) is 3. The van der Waals surface area contributed by atoms with E-state index in [2.05, 4.69) is 10.3 Å². The number of para-hydroxylation sites is 1. The van der Waals surface area contributed by atoms with Crippen LogP contribution < -0.4 is 5.73 Å². The van der Waals surface area contributed by atoms with Crippen molar-refractivity contribution in [3.63, 3.8) is 0 Å². The first-order valence-electron chi connectivity index (χ1n) is 7.65. The Morgan fingerprint density at radius 3 is 2.46 bits per heavy atom. The van der Waals surface area contributed by atoms with Gasteiger partial charge >= 0.3 is 5.97 Å². The van der Waals surface area contributed by atoms with Gasteiger partial charge in [-0.1, -0.05) is 53.7 Å². The fraction of sp³-hybridized carbons (Fsp3) is 0.167. The number of carbonyl (C=O) groups excluding carboxylic acids is 1. The molecule has 0 unspecified atom stereocenters. The molecule has 0 aliphatic carbocycles. The second-order valence-electron chi connectivity index (χ2n) is 5.39. The molecule has 0 amide bonds. The lowest BCUT2D eigenvalue weighted by molar-refractivity contribution is -0.146. The van der Waals surface area contributed by atoms with Crippen LogP contribution >= 0.6 is 0 Å². The van der Waals surface area contributed by atoms with Gasteiger partial charge in [-0.3, -0.25) is 4.79 Å². The van der Waals surface area contributed by atoms with Gasteiger partial charge in [0.15, 0.2) is 0 Å². The quantitative estimate of drug-likeness (QED) is 0.701. The van der Waals surface area contributed by atoms with E-state index in [4.69, 9.17) is 10.5 Å². The SMILES string of the molecule is N[C@@H](Cc1ccccc1)C(=O)OCc1cn(-c2ccccc2)nn1. The second kappa shape index (κ2) is 7.52. The third kappa shape index (κ3) is 4.05. The summed E-state index contributed by atoms with van der Waals surface area (Å²) in [4.78, 5) is 12.0. The normalized spacial score (nSPS) is 11.9. The van der Waals surface area contributed by atoms with Gasteiger partial charge in [-0.15, -0.1) is 5.10 Å². The van der Waals surface area contributed by atoms with Gasteiger partial charge in [0.2, 0.25) is 0 Å². The van der Waals surface area contributed by atoms with E-state index in [0.29, 0.717) is 12.1 Å². The molecule has 0 spiro atoms. The molecule has 122 valence electrons. The number of hydrogen-bond donors (Lipinski definition) is 1. The maximum atomic E-state index is 12.0. The minimum Gasteiger partial charge on any atom is -0.458 e. The summed E-state index contributed by atoms with van der Waals surface area (Å²) in [6.07, 6.45) is 2.17. The summed E-state index contributed by atoms with van der Waals surface area (Å²) in [7, 11) is 0. The van der Waals surface area contributed by atoms with Crippen LogP contribution in [0.2, 0.25) is 0 Å². The van der Waals surface area contributed by atoms with Gasteiger partial charge in [0.05, 0.1) is 11.9 Å². The molecule has 0 saturated carbocycles. The first-order chi connectivity index (χ1) is 11.7. The first kappa shape index (κ1) is 15.9.